The normalized spacial score (nSPS) is 14.8. The minimum Gasteiger partial charge on any atom is -0.369 e. The van der Waals surface area contributed by atoms with E-state index in [1.165, 1.54) is 0 Å². The van der Waals surface area contributed by atoms with Crippen LogP contribution in [0.15, 0.2) is 46.9 Å². The van der Waals surface area contributed by atoms with Crippen molar-refractivity contribution in [2.24, 2.45) is 22.1 Å². The van der Waals surface area contributed by atoms with E-state index in [-0.39, 0.29) is 23.1 Å². The summed E-state index contributed by atoms with van der Waals surface area (Å²) in [4.78, 5) is 29.7. The molecule has 1 fully saturated rings. The Kier molecular flexibility index (Phi) is 10.2. The molecule has 0 unspecified atom stereocenters. The van der Waals surface area contributed by atoms with Gasteiger partial charge in [0, 0.05) is 30.8 Å². The van der Waals surface area contributed by atoms with Gasteiger partial charge in [0.2, 0.25) is 5.91 Å². The fourth-order valence-electron chi connectivity index (χ4n) is 3.14. The van der Waals surface area contributed by atoms with E-state index >= 15 is 0 Å². The summed E-state index contributed by atoms with van der Waals surface area (Å²) in [6, 6.07) is 5.55. The summed E-state index contributed by atoms with van der Waals surface area (Å²) in [7, 11) is 0. The first-order valence-electron chi connectivity index (χ1n) is 10.2. The van der Waals surface area contributed by atoms with Gasteiger partial charge in [-0.15, -0.1) is 6.58 Å². The maximum absolute atomic E-state index is 12.5. The molecule has 1 aromatic carbocycles. The van der Waals surface area contributed by atoms with Crippen LogP contribution in [0.2, 0.25) is 0 Å². The van der Waals surface area contributed by atoms with Crippen LogP contribution in [0.3, 0.4) is 0 Å². The van der Waals surface area contributed by atoms with Crippen molar-refractivity contribution in [3.8, 4) is 0 Å². The Morgan fingerprint density at radius 3 is 2.37 bits per heavy atom. The van der Waals surface area contributed by atoms with Gasteiger partial charge in [-0.1, -0.05) is 48.5 Å². The van der Waals surface area contributed by atoms with Gasteiger partial charge >= 0.3 is 0 Å². The molecule has 0 spiro atoms. The SMILES string of the molecule is C=CC(C)(C)CC(=C)Br.CC=Nc1cc(C(=O)N2CCC(C(N)=O)CC2)ccc1C. The van der Waals surface area contributed by atoms with Crippen molar-refractivity contribution in [1.82, 2.24) is 4.90 Å². The number of rotatable bonds is 6. The van der Waals surface area contributed by atoms with E-state index < -0.39 is 0 Å². The van der Waals surface area contributed by atoms with Crippen molar-refractivity contribution in [2.75, 3.05) is 13.1 Å². The summed E-state index contributed by atoms with van der Waals surface area (Å²) in [6.45, 7) is 16.7. The lowest BCUT2D eigenvalue weighted by atomic mass is 9.90. The van der Waals surface area contributed by atoms with E-state index in [1.807, 2.05) is 38.1 Å². The van der Waals surface area contributed by atoms with Crippen molar-refractivity contribution in [2.45, 2.75) is 47.0 Å². The molecule has 0 atom stereocenters. The molecule has 0 bridgehead atoms. The lowest BCUT2D eigenvalue weighted by Crippen LogP contribution is -2.41. The van der Waals surface area contributed by atoms with E-state index in [1.54, 1.807) is 11.1 Å². The topological polar surface area (TPSA) is 75.8 Å². The second kappa shape index (κ2) is 11.8. The second-order valence-corrected chi connectivity index (χ2v) is 9.37. The summed E-state index contributed by atoms with van der Waals surface area (Å²) in [5, 5.41) is 0. The minimum atomic E-state index is -0.267. The molecule has 30 heavy (non-hydrogen) atoms. The second-order valence-electron chi connectivity index (χ2n) is 8.24. The van der Waals surface area contributed by atoms with E-state index in [0.717, 1.165) is 22.2 Å². The van der Waals surface area contributed by atoms with Crippen LogP contribution in [0.5, 0.6) is 0 Å². The number of hydrogen-bond acceptors (Lipinski definition) is 3. The molecular weight excluding hydrogens is 442 g/mol. The number of nitrogens with zero attached hydrogens (tertiary/aromatic N) is 2. The van der Waals surface area contributed by atoms with Gasteiger partial charge in [0.1, 0.15) is 0 Å². The van der Waals surface area contributed by atoms with Gasteiger partial charge in [-0.25, -0.2) is 0 Å². The average molecular weight is 476 g/mol. The van der Waals surface area contributed by atoms with Crippen LogP contribution in [-0.2, 0) is 4.79 Å². The summed E-state index contributed by atoms with van der Waals surface area (Å²) in [6.07, 6.45) is 5.91. The highest BCUT2D eigenvalue weighted by Crippen LogP contribution is 2.27. The zero-order chi connectivity index (χ0) is 22.9. The molecule has 1 heterocycles. The number of halogens is 1. The van der Waals surface area contributed by atoms with E-state index in [2.05, 4.69) is 47.9 Å². The number of piperidine rings is 1. The van der Waals surface area contributed by atoms with E-state index in [9.17, 15) is 9.59 Å². The van der Waals surface area contributed by atoms with Gasteiger partial charge in [-0.2, -0.15) is 0 Å². The van der Waals surface area contributed by atoms with E-state index in [0.29, 0.717) is 31.5 Å². The highest BCUT2D eigenvalue weighted by atomic mass is 79.9. The molecule has 164 valence electrons. The van der Waals surface area contributed by atoms with Gasteiger partial charge in [-0.05, 0) is 60.7 Å². The van der Waals surface area contributed by atoms with Gasteiger partial charge in [-0.3, -0.25) is 14.6 Å². The average Bonchev–Trinajstić information content (AvgIpc) is 2.69. The lowest BCUT2D eigenvalue weighted by molar-refractivity contribution is -0.123. The summed E-state index contributed by atoms with van der Waals surface area (Å²) < 4.78 is 1.03. The number of primary amides is 1. The number of benzene rings is 1. The van der Waals surface area contributed by atoms with Crippen molar-refractivity contribution in [1.29, 1.82) is 0 Å². The molecule has 0 radical (unpaired) electrons. The maximum Gasteiger partial charge on any atom is 0.253 e. The van der Waals surface area contributed by atoms with Crippen LogP contribution in [-0.4, -0.2) is 36.0 Å². The van der Waals surface area contributed by atoms with Crippen molar-refractivity contribution >= 4 is 39.6 Å². The summed E-state index contributed by atoms with van der Waals surface area (Å²) in [5.74, 6) is -0.380. The molecule has 1 saturated heterocycles. The largest absolute Gasteiger partial charge is 0.369 e. The number of amides is 2. The number of nitrogens with two attached hydrogens (primary N) is 1. The van der Waals surface area contributed by atoms with Crippen molar-refractivity contribution < 1.29 is 9.59 Å². The van der Waals surface area contributed by atoms with Crippen LogP contribution in [0.4, 0.5) is 5.69 Å². The molecule has 1 aliphatic rings. The van der Waals surface area contributed by atoms with Crippen molar-refractivity contribution in [3.05, 3.63) is 53.0 Å². The van der Waals surface area contributed by atoms with Crippen LogP contribution in [0.25, 0.3) is 0 Å². The first-order chi connectivity index (χ1) is 14.0. The van der Waals surface area contributed by atoms with Crippen LogP contribution in [0, 0.1) is 18.3 Å². The van der Waals surface area contributed by atoms with Gasteiger partial charge in [0.05, 0.1) is 5.69 Å². The minimum absolute atomic E-state index is 0.00882. The molecule has 0 saturated carbocycles. The molecule has 6 heteroatoms. The van der Waals surface area contributed by atoms with Crippen LogP contribution >= 0.6 is 15.9 Å². The lowest BCUT2D eigenvalue weighted by Gasteiger charge is -2.30. The fourth-order valence-corrected chi connectivity index (χ4v) is 3.86. The molecule has 5 nitrogen and oxygen atoms in total. The molecule has 0 aliphatic carbocycles. The highest BCUT2D eigenvalue weighted by Gasteiger charge is 2.26. The number of carbonyl (C=O) groups is 2. The maximum atomic E-state index is 12.5. The monoisotopic (exact) mass is 475 g/mol. The number of aliphatic imine (C=N–C) groups is 1. The molecule has 2 amide bonds. The quantitative estimate of drug-likeness (QED) is 0.432. The molecule has 0 aromatic heterocycles. The van der Waals surface area contributed by atoms with Gasteiger partial charge in [0.25, 0.3) is 5.91 Å². The zero-order valence-corrected chi connectivity index (χ0v) is 20.2. The predicted octanol–water partition coefficient (Wildman–Crippen LogP) is 5.55. The zero-order valence-electron chi connectivity index (χ0n) is 18.6. The Morgan fingerprint density at radius 2 is 1.93 bits per heavy atom. The Bertz CT molecular complexity index is 807. The highest BCUT2D eigenvalue weighted by molar-refractivity contribution is 9.11. The molecule has 1 aromatic rings. The van der Waals surface area contributed by atoms with Crippen molar-refractivity contribution in [3.63, 3.8) is 0 Å². The number of aryl methyl sites for hydroxylation is 1. The third-order valence-corrected chi connectivity index (χ3v) is 5.39. The third-order valence-electron chi connectivity index (χ3n) is 5.11. The summed E-state index contributed by atoms with van der Waals surface area (Å²) >= 11 is 3.31. The Labute approximate surface area is 189 Å². The Hall–Kier alpha value is -2.21. The smallest absolute Gasteiger partial charge is 0.253 e. The molecular formula is C24H34BrN3O2. The Balaban J connectivity index is 0.000000424. The van der Waals surface area contributed by atoms with E-state index in [4.69, 9.17) is 5.73 Å². The number of likely N-dealkylation sites (tertiary alicyclic amines) is 1. The predicted molar refractivity (Wildman–Crippen MR) is 129 cm³/mol. The number of hydrogen-bond donors (Lipinski definition) is 1. The molecule has 2 N–H and O–H groups in total. The van der Waals surface area contributed by atoms with Crippen LogP contribution in [0.1, 0.15) is 56.0 Å². The fraction of sp³-hybridized carbons (Fsp3) is 0.458. The standard InChI is InChI=1S/C16H21N3O2.C8H13Br/c1-3-18-14-10-13(5-4-11(14)2)16(21)19-8-6-12(7-9-19)15(17)20;1-5-8(3,4)6-7(2)9/h3-5,10,12H,6-9H2,1-2H3,(H2,17,20);5H,1-2,6H2,3-4H3. The summed E-state index contributed by atoms with van der Waals surface area (Å²) in [5.41, 5.74) is 7.98. The Morgan fingerprint density at radius 1 is 1.33 bits per heavy atom. The first kappa shape index (κ1) is 25.8. The number of allylic oxidation sites excluding steroid dienone is 2. The molecule has 2 rings (SSSR count). The molecule has 1 aliphatic heterocycles. The number of carbonyl (C=O) groups excluding carboxylic acids is 2. The van der Waals surface area contributed by atoms with Gasteiger partial charge < -0.3 is 10.6 Å². The van der Waals surface area contributed by atoms with Crippen LogP contribution < -0.4 is 5.73 Å². The van der Waals surface area contributed by atoms with Gasteiger partial charge in [0.15, 0.2) is 0 Å². The first-order valence-corrected chi connectivity index (χ1v) is 10.9. The third kappa shape index (κ3) is 8.27.